The van der Waals surface area contributed by atoms with Crippen molar-refractivity contribution in [3.05, 3.63) is 52.8 Å². The first-order chi connectivity index (χ1) is 31.6. The molecule has 1 aliphatic rings. The van der Waals surface area contributed by atoms with E-state index in [1.165, 1.54) is 0 Å². The number of alkyl halides is 2. The van der Waals surface area contributed by atoms with Gasteiger partial charge in [0.2, 0.25) is 17.2 Å². The smallest absolute Gasteiger partial charge is 0.387 e. The Kier molecular flexibility index (Phi) is 23.5. The highest BCUT2D eigenvalue weighted by Gasteiger charge is 2.39. The van der Waals surface area contributed by atoms with Crippen molar-refractivity contribution >= 4 is 5.97 Å². The monoisotopic (exact) mass is 919 g/mol. The van der Waals surface area contributed by atoms with Crippen LogP contribution in [0.4, 0.5) is 13.2 Å². The Balaban J connectivity index is 1.93. The summed E-state index contributed by atoms with van der Waals surface area (Å²) in [5, 5.41) is 0. The highest BCUT2D eigenvalue weighted by Crippen LogP contribution is 2.48. The predicted octanol–water partition coefficient (Wildman–Crippen LogP) is 13.6. The van der Waals surface area contributed by atoms with Crippen LogP contribution in [-0.2, 0) is 11.2 Å². The van der Waals surface area contributed by atoms with Gasteiger partial charge in [-0.25, -0.2) is 9.18 Å². The highest BCUT2D eigenvalue weighted by molar-refractivity contribution is 5.92. The van der Waals surface area contributed by atoms with Crippen LogP contribution in [0.5, 0.6) is 51.7 Å². The number of carbonyl (C=O) groups excluding carboxylic acids is 1. The third kappa shape index (κ3) is 15.9. The number of benzene rings is 3. The van der Waals surface area contributed by atoms with E-state index in [0.29, 0.717) is 97.9 Å². The molecule has 0 aliphatic carbocycles. The van der Waals surface area contributed by atoms with E-state index in [-0.39, 0.29) is 25.4 Å². The summed E-state index contributed by atoms with van der Waals surface area (Å²) in [5.74, 6) is -0.872. The number of halogens is 3. The zero-order chi connectivity index (χ0) is 47.0. The quantitative estimate of drug-likeness (QED) is 0.0430. The lowest BCUT2D eigenvalue weighted by molar-refractivity contribution is -0.0520. The molecule has 0 unspecified atom stereocenters. The molecule has 0 saturated carbocycles. The van der Waals surface area contributed by atoms with Gasteiger partial charge in [-0.05, 0) is 57.1 Å². The number of carbonyl (C=O) groups is 1. The van der Waals surface area contributed by atoms with Crippen LogP contribution in [0.25, 0.3) is 0 Å². The van der Waals surface area contributed by atoms with Crippen molar-refractivity contribution < 1.29 is 65.3 Å². The lowest BCUT2D eigenvalue weighted by atomic mass is 9.93. The minimum Gasteiger partial charge on any atom is -0.493 e. The van der Waals surface area contributed by atoms with Crippen molar-refractivity contribution in [3.63, 3.8) is 0 Å². The van der Waals surface area contributed by atoms with Crippen LogP contribution in [0.2, 0.25) is 0 Å². The second-order valence-electron chi connectivity index (χ2n) is 16.1. The molecule has 0 saturated heterocycles. The van der Waals surface area contributed by atoms with Crippen LogP contribution >= 0.6 is 0 Å². The third-order valence-corrected chi connectivity index (χ3v) is 10.6. The maximum absolute atomic E-state index is 16.8. The normalized spacial score (nSPS) is 14.3. The summed E-state index contributed by atoms with van der Waals surface area (Å²) in [6, 6.07) is 8.09. The molecule has 0 fully saturated rings. The second kappa shape index (κ2) is 28.9. The van der Waals surface area contributed by atoms with E-state index in [2.05, 4.69) is 34.6 Å². The van der Waals surface area contributed by atoms with Crippen molar-refractivity contribution in [1.82, 2.24) is 0 Å². The lowest BCUT2D eigenvalue weighted by Gasteiger charge is -2.35. The fourth-order valence-corrected chi connectivity index (χ4v) is 6.80. The Morgan fingerprint density at radius 2 is 1.03 bits per heavy atom. The predicted molar refractivity (Wildman–Crippen MR) is 245 cm³/mol. The molecule has 4 rings (SSSR count). The van der Waals surface area contributed by atoms with Crippen molar-refractivity contribution in [2.45, 2.75) is 164 Å². The van der Waals surface area contributed by atoms with Gasteiger partial charge in [-0.3, -0.25) is 0 Å². The van der Waals surface area contributed by atoms with E-state index in [4.69, 9.17) is 47.4 Å². The average molecular weight is 919 g/mol. The molecule has 0 N–H and O–H groups in total. The maximum atomic E-state index is 16.8. The molecule has 1 aliphatic heterocycles. The molecular weight excluding hydrogens is 846 g/mol. The van der Waals surface area contributed by atoms with Gasteiger partial charge in [0.05, 0.1) is 46.2 Å². The minimum atomic E-state index is -3.31. The fourth-order valence-electron chi connectivity index (χ4n) is 6.80. The molecule has 14 heteroatoms. The van der Waals surface area contributed by atoms with Crippen molar-refractivity contribution in [1.29, 1.82) is 0 Å². The summed E-state index contributed by atoms with van der Waals surface area (Å²) in [6.45, 7) is 13.2. The van der Waals surface area contributed by atoms with Crippen LogP contribution < -0.4 is 42.6 Å². The van der Waals surface area contributed by atoms with Gasteiger partial charge < -0.3 is 47.4 Å². The van der Waals surface area contributed by atoms with Crippen molar-refractivity contribution in [3.8, 4) is 51.7 Å². The molecule has 0 radical (unpaired) electrons. The van der Waals surface area contributed by atoms with Gasteiger partial charge >= 0.3 is 12.6 Å². The number of hydrogen-bond acceptors (Lipinski definition) is 11. The van der Waals surface area contributed by atoms with E-state index in [9.17, 15) is 13.6 Å². The van der Waals surface area contributed by atoms with Crippen LogP contribution in [0, 0.1) is 5.82 Å². The molecule has 3 aromatic carbocycles. The third-order valence-electron chi connectivity index (χ3n) is 10.6. The lowest BCUT2D eigenvalue weighted by Crippen LogP contribution is -2.35. The van der Waals surface area contributed by atoms with Gasteiger partial charge in [0.25, 0.3) is 0 Å². The zero-order valence-corrected chi connectivity index (χ0v) is 39.8. The summed E-state index contributed by atoms with van der Waals surface area (Å²) < 4.78 is 106. The fraction of sp³-hybridized carbons (Fsp3) is 0.627. The van der Waals surface area contributed by atoms with Gasteiger partial charge in [-0.2, -0.15) is 8.78 Å². The minimum absolute atomic E-state index is 0.0356. The van der Waals surface area contributed by atoms with Gasteiger partial charge in [0.1, 0.15) is 28.9 Å². The molecule has 2 atom stereocenters. The molecule has 3 aromatic rings. The van der Waals surface area contributed by atoms with Crippen LogP contribution in [0.3, 0.4) is 0 Å². The number of hydrogen-bond donors (Lipinski definition) is 0. The summed E-state index contributed by atoms with van der Waals surface area (Å²) >= 11 is 0. The topological polar surface area (TPSA) is 109 Å². The van der Waals surface area contributed by atoms with Gasteiger partial charge in [0.15, 0.2) is 29.2 Å². The summed E-state index contributed by atoms with van der Waals surface area (Å²) in [6.07, 6.45) is 9.00. The summed E-state index contributed by atoms with van der Waals surface area (Å²) in [5.41, 5.74) is 0.470. The molecular formula is C51H73F3O11. The average Bonchev–Trinajstić information content (AvgIpc) is 3.28. The van der Waals surface area contributed by atoms with E-state index < -0.39 is 47.7 Å². The van der Waals surface area contributed by atoms with E-state index in [1.54, 1.807) is 24.3 Å². The molecule has 0 aromatic heterocycles. The first kappa shape index (κ1) is 52.7. The summed E-state index contributed by atoms with van der Waals surface area (Å²) in [7, 11) is 0. The van der Waals surface area contributed by atoms with Crippen molar-refractivity contribution in [2.75, 3.05) is 46.2 Å². The Bertz CT molecular complexity index is 1840. The van der Waals surface area contributed by atoms with Gasteiger partial charge in [-0.15, -0.1) is 0 Å². The first-order valence-electron chi connectivity index (χ1n) is 24.1. The van der Waals surface area contributed by atoms with Gasteiger partial charge in [0, 0.05) is 35.7 Å². The van der Waals surface area contributed by atoms with Crippen molar-refractivity contribution in [2.24, 2.45) is 0 Å². The Morgan fingerprint density at radius 1 is 0.569 bits per heavy atom. The largest absolute Gasteiger partial charge is 0.493 e. The standard InChI is InChI=1S/C51H73F3O11/c1-8-15-22-56-36-31-39(57-23-16-9-2)37-33-43(64-50(55)38-34-44(65-51(53)54)48(61-27-20-13-6)49(45(38)52)62-28-21-14-7)46(63-40(37)32-36)35-29-41(58-24-17-10-3)47(60-26-19-12-5)42(30-35)59-25-18-11-4/h29-32,34,43,46,51H,8-28,33H2,1-7H3/t43-,46+/m1/s1. The summed E-state index contributed by atoms with van der Waals surface area (Å²) in [4.78, 5) is 14.5. The van der Waals surface area contributed by atoms with E-state index in [0.717, 1.165) is 76.7 Å². The van der Waals surface area contributed by atoms with E-state index >= 15 is 4.39 Å². The highest BCUT2D eigenvalue weighted by atomic mass is 19.3. The Hall–Kier alpha value is -4.88. The molecule has 0 spiro atoms. The molecule has 65 heavy (non-hydrogen) atoms. The molecule has 11 nitrogen and oxygen atoms in total. The molecule has 0 bridgehead atoms. The zero-order valence-electron chi connectivity index (χ0n) is 39.8. The first-order valence-corrected chi connectivity index (χ1v) is 24.1. The Labute approximate surface area is 384 Å². The number of unbranched alkanes of at least 4 members (excludes halogenated alkanes) is 7. The number of esters is 1. The van der Waals surface area contributed by atoms with Crippen LogP contribution in [0.15, 0.2) is 30.3 Å². The number of ether oxygens (including phenoxy) is 10. The number of fused-ring (bicyclic) bond motifs is 1. The maximum Gasteiger partial charge on any atom is 0.387 e. The van der Waals surface area contributed by atoms with Crippen LogP contribution in [0.1, 0.15) is 166 Å². The Morgan fingerprint density at radius 3 is 1.54 bits per heavy atom. The SMILES string of the molecule is CCCCOc1cc(OCCCC)c2c(c1)O[C@@H](c1cc(OCCCC)c(OCCCC)c(OCCCC)c1)[C@H](OC(=O)c1cc(OC(F)F)c(OCCCC)c(OCCCC)c1F)C2. The van der Waals surface area contributed by atoms with Crippen LogP contribution in [-0.4, -0.2) is 64.9 Å². The molecule has 364 valence electrons. The second-order valence-corrected chi connectivity index (χ2v) is 16.1. The molecule has 0 amide bonds. The molecule has 1 heterocycles. The number of rotatable bonds is 33. The van der Waals surface area contributed by atoms with Gasteiger partial charge in [-0.1, -0.05) is 93.4 Å². The van der Waals surface area contributed by atoms with E-state index in [1.807, 2.05) is 13.8 Å².